The average Bonchev–Trinajstić information content (AvgIpc) is 3.19. The third-order valence-electron chi connectivity index (χ3n) is 5.82. The van der Waals surface area contributed by atoms with Crippen molar-refractivity contribution in [1.29, 1.82) is 0 Å². The summed E-state index contributed by atoms with van der Waals surface area (Å²) in [5.41, 5.74) is 5.70. The molecule has 3 heterocycles. The molecular weight excluding hydrogens is 314 g/mol. The van der Waals surface area contributed by atoms with Gasteiger partial charge in [-0.3, -0.25) is 0 Å². The van der Waals surface area contributed by atoms with Crippen LogP contribution >= 0.6 is 11.3 Å². The van der Waals surface area contributed by atoms with Gasteiger partial charge in [-0.1, -0.05) is 13.8 Å². The summed E-state index contributed by atoms with van der Waals surface area (Å²) in [7, 11) is 0. The van der Waals surface area contributed by atoms with Gasteiger partial charge in [0.25, 0.3) is 0 Å². The molecule has 0 amide bonds. The summed E-state index contributed by atoms with van der Waals surface area (Å²) >= 11 is 1.94. The lowest BCUT2D eigenvalue weighted by Gasteiger charge is -2.24. The summed E-state index contributed by atoms with van der Waals surface area (Å²) in [6.07, 6.45) is 9.01. The van der Waals surface area contributed by atoms with E-state index in [4.69, 9.17) is 9.40 Å². The van der Waals surface area contributed by atoms with Crippen LogP contribution in [-0.4, -0.2) is 4.98 Å². The molecule has 124 valence electrons. The summed E-state index contributed by atoms with van der Waals surface area (Å²) in [4.78, 5) is 7.94. The Morgan fingerprint density at radius 1 is 1.08 bits per heavy atom. The second-order valence-electron chi connectivity index (χ2n) is 7.77. The summed E-state index contributed by atoms with van der Waals surface area (Å²) in [5.74, 6) is 2.57. The SMILES string of the molecule is C[C@H]1CCc2c(sc3nc4c(c(-c5ccco5)c23)C[C@@H](C)CC4)C1. The van der Waals surface area contributed by atoms with E-state index in [2.05, 4.69) is 19.9 Å². The van der Waals surface area contributed by atoms with Crippen LogP contribution in [0, 0.1) is 11.8 Å². The van der Waals surface area contributed by atoms with Crippen molar-refractivity contribution < 1.29 is 4.42 Å². The summed E-state index contributed by atoms with van der Waals surface area (Å²) in [6, 6.07) is 4.14. The minimum absolute atomic E-state index is 0.736. The fourth-order valence-electron chi connectivity index (χ4n) is 4.51. The Kier molecular flexibility index (Phi) is 3.34. The first kappa shape index (κ1) is 14.7. The van der Waals surface area contributed by atoms with Crippen molar-refractivity contribution in [3.05, 3.63) is 40.1 Å². The second kappa shape index (κ2) is 5.45. The Morgan fingerprint density at radius 3 is 2.75 bits per heavy atom. The highest BCUT2D eigenvalue weighted by molar-refractivity contribution is 7.19. The number of fused-ring (bicyclic) bond motifs is 4. The van der Waals surface area contributed by atoms with E-state index in [1.165, 1.54) is 52.7 Å². The molecule has 5 rings (SSSR count). The van der Waals surface area contributed by atoms with Crippen LogP contribution in [0.1, 0.15) is 48.4 Å². The van der Waals surface area contributed by atoms with Crippen molar-refractivity contribution in [2.24, 2.45) is 11.8 Å². The van der Waals surface area contributed by atoms with E-state index < -0.39 is 0 Å². The number of aromatic nitrogens is 1. The van der Waals surface area contributed by atoms with Crippen molar-refractivity contribution in [3.8, 4) is 11.3 Å². The van der Waals surface area contributed by atoms with E-state index in [0.717, 1.165) is 30.4 Å². The number of thiophene rings is 1. The first-order valence-electron chi connectivity index (χ1n) is 9.20. The highest BCUT2D eigenvalue weighted by atomic mass is 32.1. The molecule has 0 saturated carbocycles. The van der Waals surface area contributed by atoms with Crippen molar-refractivity contribution in [2.45, 2.75) is 52.4 Å². The maximum absolute atomic E-state index is 5.89. The van der Waals surface area contributed by atoms with Gasteiger partial charge in [0, 0.05) is 21.5 Å². The number of furan rings is 1. The molecule has 3 heteroatoms. The molecule has 3 aromatic rings. The van der Waals surface area contributed by atoms with Crippen molar-refractivity contribution >= 4 is 21.6 Å². The number of rotatable bonds is 1. The molecule has 2 aliphatic carbocycles. The fourth-order valence-corrected chi connectivity index (χ4v) is 5.92. The zero-order valence-corrected chi connectivity index (χ0v) is 15.2. The number of pyridine rings is 1. The maximum Gasteiger partial charge on any atom is 0.134 e. The Balaban J connectivity index is 1.85. The summed E-state index contributed by atoms with van der Waals surface area (Å²) < 4.78 is 5.89. The van der Waals surface area contributed by atoms with Gasteiger partial charge < -0.3 is 4.42 Å². The van der Waals surface area contributed by atoms with Gasteiger partial charge >= 0.3 is 0 Å². The molecule has 2 aliphatic rings. The lowest BCUT2D eigenvalue weighted by atomic mass is 9.82. The topological polar surface area (TPSA) is 26.0 Å². The summed E-state index contributed by atoms with van der Waals surface area (Å²) in [6.45, 7) is 4.74. The van der Waals surface area contributed by atoms with Gasteiger partial charge in [-0.25, -0.2) is 4.98 Å². The van der Waals surface area contributed by atoms with Crippen molar-refractivity contribution in [1.82, 2.24) is 4.98 Å². The number of nitrogens with zero attached hydrogens (tertiary/aromatic N) is 1. The van der Waals surface area contributed by atoms with Crippen LogP contribution in [0.25, 0.3) is 21.5 Å². The Bertz CT molecular complexity index is 906. The lowest BCUT2D eigenvalue weighted by Crippen LogP contribution is -2.14. The molecular formula is C21H23NOS. The predicted molar refractivity (Wildman–Crippen MR) is 99.7 cm³/mol. The average molecular weight is 337 g/mol. The molecule has 24 heavy (non-hydrogen) atoms. The monoisotopic (exact) mass is 337 g/mol. The molecule has 2 atom stereocenters. The van der Waals surface area contributed by atoms with Gasteiger partial charge in [0.1, 0.15) is 10.6 Å². The predicted octanol–water partition coefficient (Wildman–Crippen LogP) is 5.81. The van der Waals surface area contributed by atoms with Gasteiger partial charge in [-0.05, 0) is 73.6 Å². The van der Waals surface area contributed by atoms with Gasteiger partial charge in [0.15, 0.2) is 0 Å². The van der Waals surface area contributed by atoms with Crippen LogP contribution in [0.5, 0.6) is 0 Å². The van der Waals surface area contributed by atoms with Crippen molar-refractivity contribution in [3.63, 3.8) is 0 Å². The van der Waals surface area contributed by atoms with Crippen LogP contribution in [0.2, 0.25) is 0 Å². The maximum atomic E-state index is 5.89. The second-order valence-corrected chi connectivity index (χ2v) is 8.85. The third kappa shape index (κ3) is 2.17. The van der Waals surface area contributed by atoms with Gasteiger partial charge in [-0.15, -0.1) is 11.3 Å². The van der Waals surface area contributed by atoms with Gasteiger partial charge in [0.05, 0.1) is 6.26 Å². The fraction of sp³-hybridized carbons (Fsp3) is 0.476. The molecule has 0 bridgehead atoms. The molecule has 2 nitrogen and oxygen atoms in total. The Morgan fingerprint density at radius 2 is 1.92 bits per heavy atom. The molecule has 0 radical (unpaired) electrons. The zero-order valence-electron chi connectivity index (χ0n) is 14.4. The van der Waals surface area contributed by atoms with Gasteiger partial charge in [-0.2, -0.15) is 0 Å². The highest BCUT2D eigenvalue weighted by Crippen LogP contribution is 2.45. The van der Waals surface area contributed by atoms with Crippen LogP contribution < -0.4 is 0 Å². The number of aryl methyl sites for hydroxylation is 2. The van der Waals surface area contributed by atoms with E-state index in [0.29, 0.717) is 0 Å². The largest absolute Gasteiger partial charge is 0.464 e. The van der Waals surface area contributed by atoms with Crippen LogP contribution in [0.15, 0.2) is 22.8 Å². The van der Waals surface area contributed by atoms with E-state index >= 15 is 0 Å². The smallest absolute Gasteiger partial charge is 0.134 e. The quantitative estimate of drug-likeness (QED) is 0.560. The highest BCUT2D eigenvalue weighted by Gasteiger charge is 2.29. The molecule has 0 aliphatic heterocycles. The normalized spacial score (nSPS) is 23.2. The molecule has 0 unspecified atom stereocenters. The number of hydrogen-bond donors (Lipinski definition) is 0. The lowest BCUT2D eigenvalue weighted by molar-refractivity contribution is 0.494. The van der Waals surface area contributed by atoms with E-state index in [1.54, 1.807) is 16.7 Å². The van der Waals surface area contributed by atoms with Gasteiger partial charge in [0.2, 0.25) is 0 Å². The Hall–Kier alpha value is -1.61. The van der Waals surface area contributed by atoms with E-state index in [1.807, 2.05) is 17.4 Å². The Labute approximate surface area is 146 Å². The van der Waals surface area contributed by atoms with E-state index in [-0.39, 0.29) is 0 Å². The van der Waals surface area contributed by atoms with Crippen LogP contribution in [0.3, 0.4) is 0 Å². The number of hydrogen-bond acceptors (Lipinski definition) is 3. The third-order valence-corrected chi connectivity index (χ3v) is 6.97. The summed E-state index contributed by atoms with van der Waals surface area (Å²) in [5, 5.41) is 1.41. The van der Waals surface area contributed by atoms with Crippen LogP contribution in [-0.2, 0) is 25.7 Å². The molecule has 0 fully saturated rings. The minimum Gasteiger partial charge on any atom is -0.464 e. The first-order chi connectivity index (χ1) is 11.7. The van der Waals surface area contributed by atoms with Crippen LogP contribution in [0.4, 0.5) is 0 Å². The standard InChI is InChI=1S/C21H23NOS/c1-12-6-8-16-15(10-12)19(17-4-3-9-23-17)20-14-7-5-13(2)11-18(14)24-21(20)22-16/h3-4,9,12-13H,5-8,10-11H2,1-2H3/t12-,13-/m0/s1. The molecule has 3 aromatic heterocycles. The molecule has 0 aromatic carbocycles. The molecule has 0 saturated heterocycles. The molecule has 0 spiro atoms. The first-order valence-corrected chi connectivity index (χ1v) is 10.0. The molecule has 0 N–H and O–H groups in total. The minimum atomic E-state index is 0.736. The zero-order chi connectivity index (χ0) is 16.3. The van der Waals surface area contributed by atoms with E-state index in [9.17, 15) is 0 Å². The van der Waals surface area contributed by atoms with Crippen molar-refractivity contribution in [2.75, 3.05) is 0 Å².